The van der Waals surface area contributed by atoms with Gasteiger partial charge in [-0.15, -0.1) is 0 Å². The summed E-state index contributed by atoms with van der Waals surface area (Å²) in [6, 6.07) is 0. The number of carbonyl (C=O) groups is 1. The first-order valence-corrected chi connectivity index (χ1v) is 5.03. The standard InChI is InChI=1S/C9H19ClN2O2/c1-9(2,12-10)5-6-11-8(13)4-7-14-3/h12H,4-7H2,1-3H3,(H,11,13). The van der Waals surface area contributed by atoms with Crippen LogP contribution >= 0.6 is 11.8 Å². The largest absolute Gasteiger partial charge is 0.384 e. The second-order valence-electron chi connectivity index (χ2n) is 3.82. The van der Waals surface area contributed by atoms with Crippen molar-refractivity contribution in [3.05, 3.63) is 0 Å². The lowest BCUT2D eigenvalue weighted by molar-refractivity contribution is -0.121. The van der Waals surface area contributed by atoms with Crippen LogP contribution in [0.15, 0.2) is 0 Å². The Bertz CT molecular complexity index is 174. The van der Waals surface area contributed by atoms with Crippen LogP contribution in [0, 0.1) is 0 Å². The van der Waals surface area contributed by atoms with Crippen molar-refractivity contribution < 1.29 is 9.53 Å². The Balaban J connectivity index is 3.49. The summed E-state index contributed by atoms with van der Waals surface area (Å²) in [6.45, 7) is 5.03. The normalized spacial score (nSPS) is 11.4. The predicted molar refractivity (Wildman–Crippen MR) is 57.2 cm³/mol. The van der Waals surface area contributed by atoms with Crippen LogP contribution < -0.4 is 10.2 Å². The van der Waals surface area contributed by atoms with Crippen LogP contribution in [0.3, 0.4) is 0 Å². The first-order chi connectivity index (χ1) is 6.52. The zero-order valence-electron chi connectivity index (χ0n) is 9.02. The zero-order chi connectivity index (χ0) is 11.0. The molecule has 5 heteroatoms. The second-order valence-corrected chi connectivity index (χ2v) is 4.01. The van der Waals surface area contributed by atoms with Gasteiger partial charge in [0.25, 0.3) is 0 Å². The zero-order valence-corrected chi connectivity index (χ0v) is 9.78. The molecule has 1 amide bonds. The molecular formula is C9H19ClN2O2. The maximum absolute atomic E-state index is 11.1. The fourth-order valence-corrected chi connectivity index (χ4v) is 0.939. The summed E-state index contributed by atoms with van der Waals surface area (Å²) in [5, 5.41) is 2.79. The average molecular weight is 223 g/mol. The summed E-state index contributed by atoms with van der Waals surface area (Å²) in [7, 11) is 1.58. The van der Waals surface area contributed by atoms with Crippen LogP contribution in [0.5, 0.6) is 0 Å². The first-order valence-electron chi connectivity index (χ1n) is 4.65. The number of carbonyl (C=O) groups excluding carboxylic acids is 1. The smallest absolute Gasteiger partial charge is 0.222 e. The van der Waals surface area contributed by atoms with Gasteiger partial charge < -0.3 is 10.1 Å². The van der Waals surface area contributed by atoms with E-state index in [1.165, 1.54) is 0 Å². The Labute approximate surface area is 90.4 Å². The lowest BCUT2D eigenvalue weighted by Gasteiger charge is -2.21. The van der Waals surface area contributed by atoms with Gasteiger partial charge in [-0.3, -0.25) is 4.79 Å². The highest BCUT2D eigenvalue weighted by atomic mass is 35.5. The minimum absolute atomic E-state index is 0.0113. The summed E-state index contributed by atoms with van der Waals surface area (Å²) in [5.41, 5.74) is -0.157. The number of rotatable bonds is 7. The molecule has 0 heterocycles. The molecule has 0 aliphatic rings. The molecule has 0 spiro atoms. The number of hydrogen-bond donors (Lipinski definition) is 2. The highest BCUT2D eigenvalue weighted by molar-refractivity contribution is 6.13. The van der Waals surface area contributed by atoms with Crippen molar-refractivity contribution in [3.8, 4) is 0 Å². The summed E-state index contributed by atoms with van der Waals surface area (Å²) >= 11 is 5.51. The van der Waals surface area contributed by atoms with Crippen molar-refractivity contribution in [3.63, 3.8) is 0 Å². The molecule has 0 rings (SSSR count). The van der Waals surface area contributed by atoms with Gasteiger partial charge in [0, 0.05) is 25.6 Å². The third kappa shape index (κ3) is 7.12. The van der Waals surface area contributed by atoms with Gasteiger partial charge in [-0.25, -0.2) is 4.84 Å². The van der Waals surface area contributed by atoms with E-state index >= 15 is 0 Å². The number of hydrogen-bond acceptors (Lipinski definition) is 3. The number of nitrogens with one attached hydrogen (secondary N) is 2. The van der Waals surface area contributed by atoms with E-state index < -0.39 is 0 Å². The molecule has 0 aromatic carbocycles. The van der Waals surface area contributed by atoms with E-state index in [1.54, 1.807) is 7.11 Å². The lowest BCUT2D eigenvalue weighted by atomic mass is 10.0. The maximum Gasteiger partial charge on any atom is 0.222 e. The minimum atomic E-state index is -0.157. The molecule has 84 valence electrons. The first kappa shape index (κ1) is 13.7. The topological polar surface area (TPSA) is 50.4 Å². The van der Waals surface area contributed by atoms with Crippen molar-refractivity contribution in [2.75, 3.05) is 20.3 Å². The summed E-state index contributed by atoms with van der Waals surface area (Å²) in [5.74, 6) is 0.0113. The minimum Gasteiger partial charge on any atom is -0.384 e. The molecule has 0 radical (unpaired) electrons. The van der Waals surface area contributed by atoms with E-state index in [0.29, 0.717) is 19.6 Å². The lowest BCUT2D eigenvalue weighted by Crippen LogP contribution is -2.37. The van der Waals surface area contributed by atoms with Crippen LogP contribution in [-0.4, -0.2) is 31.7 Å². The Morgan fingerprint density at radius 1 is 1.50 bits per heavy atom. The molecular weight excluding hydrogens is 204 g/mol. The molecule has 0 aromatic heterocycles. The third-order valence-corrected chi connectivity index (χ3v) is 2.37. The van der Waals surface area contributed by atoms with Crippen LogP contribution in [0.4, 0.5) is 0 Å². The second kappa shape index (κ2) is 7.04. The third-order valence-electron chi connectivity index (χ3n) is 1.86. The maximum atomic E-state index is 11.1. The van der Waals surface area contributed by atoms with Gasteiger partial charge in [-0.2, -0.15) is 0 Å². The highest BCUT2D eigenvalue weighted by Gasteiger charge is 2.15. The van der Waals surface area contributed by atoms with Gasteiger partial charge in [0.2, 0.25) is 5.91 Å². The van der Waals surface area contributed by atoms with E-state index in [4.69, 9.17) is 16.5 Å². The van der Waals surface area contributed by atoms with Gasteiger partial charge >= 0.3 is 0 Å². The molecule has 0 aromatic rings. The van der Waals surface area contributed by atoms with Crippen molar-refractivity contribution in [1.82, 2.24) is 10.2 Å². The molecule has 0 atom stereocenters. The molecule has 0 aliphatic heterocycles. The van der Waals surface area contributed by atoms with Crippen LogP contribution in [0.2, 0.25) is 0 Å². The van der Waals surface area contributed by atoms with E-state index in [0.717, 1.165) is 6.42 Å². The number of halogens is 1. The highest BCUT2D eigenvalue weighted by Crippen LogP contribution is 2.07. The summed E-state index contributed by atoms with van der Waals surface area (Å²) < 4.78 is 4.79. The molecule has 4 nitrogen and oxygen atoms in total. The average Bonchev–Trinajstić information content (AvgIpc) is 2.14. The van der Waals surface area contributed by atoms with E-state index in [1.807, 2.05) is 13.8 Å². The van der Waals surface area contributed by atoms with Crippen molar-refractivity contribution in [2.45, 2.75) is 32.2 Å². The molecule has 0 bridgehead atoms. The summed E-state index contributed by atoms with van der Waals surface area (Å²) in [6.07, 6.45) is 1.19. The van der Waals surface area contributed by atoms with E-state index in [9.17, 15) is 4.79 Å². The molecule has 0 saturated carbocycles. The Morgan fingerprint density at radius 2 is 2.14 bits per heavy atom. The molecule has 0 saturated heterocycles. The van der Waals surface area contributed by atoms with Crippen LogP contribution in [-0.2, 0) is 9.53 Å². The van der Waals surface area contributed by atoms with E-state index in [2.05, 4.69) is 10.2 Å². The number of amides is 1. The molecule has 0 fully saturated rings. The fourth-order valence-electron chi connectivity index (χ4n) is 0.845. The SMILES string of the molecule is COCCC(=O)NCCC(C)(C)NCl. The van der Waals surface area contributed by atoms with Gasteiger partial charge in [0.05, 0.1) is 6.61 Å². The van der Waals surface area contributed by atoms with Crippen molar-refractivity contribution >= 4 is 17.7 Å². The quantitative estimate of drug-likeness (QED) is 0.634. The van der Waals surface area contributed by atoms with Crippen molar-refractivity contribution in [2.24, 2.45) is 0 Å². The van der Waals surface area contributed by atoms with Gasteiger partial charge in [0.1, 0.15) is 0 Å². The Morgan fingerprint density at radius 3 is 2.64 bits per heavy atom. The van der Waals surface area contributed by atoms with Gasteiger partial charge in [-0.1, -0.05) is 0 Å². The predicted octanol–water partition coefficient (Wildman–Crippen LogP) is 1.05. The Hall–Kier alpha value is -0.320. The van der Waals surface area contributed by atoms with Gasteiger partial charge in [-0.05, 0) is 32.0 Å². The monoisotopic (exact) mass is 222 g/mol. The number of methoxy groups -OCH3 is 1. The van der Waals surface area contributed by atoms with Crippen LogP contribution in [0.1, 0.15) is 26.7 Å². The molecule has 14 heavy (non-hydrogen) atoms. The molecule has 0 aliphatic carbocycles. The summed E-state index contributed by atoms with van der Waals surface area (Å²) in [4.78, 5) is 13.8. The van der Waals surface area contributed by atoms with Crippen molar-refractivity contribution in [1.29, 1.82) is 0 Å². The Kier molecular flexibility index (Phi) is 6.87. The fraction of sp³-hybridized carbons (Fsp3) is 0.889. The number of ether oxygens (including phenoxy) is 1. The van der Waals surface area contributed by atoms with Crippen LogP contribution in [0.25, 0.3) is 0 Å². The van der Waals surface area contributed by atoms with Gasteiger partial charge in [0.15, 0.2) is 0 Å². The molecule has 0 unspecified atom stereocenters. The molecule has 2 N–H and O–H groups in total. The van der Waals surface area contributed by atoms with E-state index in [-0.39, 0.29) is 11.4 Å².